The molecule has 0 spiro atoms. The van der Waals surface area contributed by atoms with Crippen molar-refractivity contribution in [2.45, 2.75) is 6.42 Å². The fourth-order valence-corrected chi connectivity index (χ4v) is 2.65. The normalized spacial score (nSPS) is 9.74. The molecule has 0 bridgehead atoms. The number of hydrogen-bond donors (Lipinski definition) is 2. The number of anilines is 1. The van der Waals surface area contributed by atoms with Gasteiger partial charge < -0.3 is 15.4 Å². The number of carbonyl (C=O) groups excluding carboxylic acids is 2. The molecule has 0 aliphatic rings. The van der Waals surface area contributed by atoms with E-state index in [9.17, 15) is 9.59 Å². The van der Waals surface area contributed by atoms with Crippen LogP contribution in [0, 0.1) is 11.3 Å². The van der Waals surface area contributed by atoms with Gasteiger partial charge in [-0.15, -0.1) is 11.3 Å². The van der Waals surface area contributed by atoms with E-state index in [0.717, 1.165) is 0 Å². The summed E-state index contributed by atoms with van der Waals surface area (Å²) in [5.74, 6) is -0.0253. The molecule has 1 heterocycles. The molecule has 1 aromatic heterocycles. The summed E-state index contributed by atoms with van der Waals surface area (Å²) in [5.41, 5.74) is 1.27. The van der Waals surface area contributed by atoms with Crippen LogP contribution in [0.15, 0.2) is 35.7 Å². The molecule has 0 atom stereocenters. The average Bonchev–Trinajstić information content (AvgIpc) is 3.01. The number of nitrogens with one attached hydrogen (secondary N) is 2. The zero-order valence-electron chi connectivity index (χ0n) is 12.5. The van der Waals surface area contributed by atoms with Gasteiger partial charge in [0.2, 0.25) is 0 Å². The van der Waals surface area contributed by atoms with Crippen molar-refractivity contribution in [1.82, 2.24) is 5.32 Å². The van der Waals surface area contributed by atoms with E-state index in [1.54, 1.807) is 35.7 Å². The van der Waals surface area contributed by atoms with Crippen LogP contribution in [-0.2, 0) is 11.2 Å². The first-order valence-corrected chi connectivity index (χ1v) is 7.70. The summed E-state index contributed by atoms with van der Waals surface area (Å²) < 4.78 is 5.33. The third-order valence-electron chi connectivity index (χ3n) is 2.96. The molecule has 6 nitrogen and oxygen atoms in total. The van der Waals surface area contributed by atoms with Crippen molar-refractivity contribution in [2.24, 2.45) is 0 Å². The second-order valence-corrected chi connectivity index (χ2v) is 5.47. The zero-order chi connectivity index (χ0) is 16.7. The monoisotopic (exact) mass is 329 g/mol. The van der Waals surface area contributed by atoms with Crippen LogP contribution in [0.5, 0.6) is 5.75 Å². The van der Waals surface area contributed by atoms with Gasteiger partial charge in [-0.1, -0.05) is 6.07 Å². The van der Waals surface area contributed by atoms with Gasteiger partial charge in [-0.05, 0) is 29.1 Å². The Kier molecular flexibility index (Phi) is 5.72. The molecule has 2 aromatic rings. The fourth-order valence-electron chi connectivity index (χ4n) is 1.83. The van der Waals surface area contributed by atoms with E-state index in [1.165, 1.54) is 18.4 Å². The molecule has 2 amide bonds. The lowest BCUT2D eigenvalue weighted by atomic mass is 10.2. The number of ether oxygens (including phenoxy) is 1. The van der Waals surface area contributed by atoms with Crippen LogP contribution in [0.2, 0.25) is 0 Å². The summed E-state index contributed by atoms with van der Waals surface area (Å²) in [7, 11) is 1.53. The van der Waals surface area contributed by atoms with Gasteiger partial charge in [-0.25, -0.2) is 0 Å². The minimum atomic E-state index is -0.270. The minimum Gasteiger partial charge on any atom is -0.484 e. The number of benzene rings is 1. The van der Waals surface area contributed by atoms with Gasteiger partial charge in [0.1, 0.15) is 5.75 Å². The quantitative estimate of drug-likeness (QED) is 0.850. The highest BCUT2D eigenvalue weighted by Gasteiger charge is 2.13. The van der Waals surface area contributed by atoms with Crippen molar-refractivity contribution in [3.05, 3.63) is 46.2 Å². The Morgan fingerprint density at radius 3 is 2.91 bits per heavy atom. The van der Waals surface area contributed by atoms with Crippen molar-refractivity contribution < 1.29 is 14.3 Å². The second-order valence-electron chi connectivity index (χ2n) is 4.55. The zero-order valence-corrected chi connectivity index (χ0v) is 13.3. The maximum atomic E-state index is 12.3. The Morgan fingerprint density at radius 2 is 2.17 bits per heavy atom. The van der Waals surface area contributed by atoms with Gasteiger partial charge in [-0.2, -0.15) is 5.26 Å². The van der Waals surface area contributed by atoms with E-state index in [1.807, 2.05) is 6.07 Å². The Labute approximate surface area is 137 Å². The Morgan fingerprint density at radius 1 is 1.35 bits per heavy atom. The highest BCUT2D eigenvalue weighted by Crippen LogP contribution is 2.21. The summed E-state index contributed by atoms with van der Waals surface area (Å²) >= 11 is 1.29. The number of nitriles is 1. The molecule has 0 radical (unpaired) electrons. The number of hydrogen-bond acceptors (Lipinski definition) is 5. The van der Waals surface area contributed by atoms with Gasteiger partial charge in [0, 0.05) is 18.8 Å². The van der Waals surface area contributed by atoms with E-state index in [0.29, 0.717) is 21.9 Å². The van der Waals surface area contributed by atoms with Gasteiger partial charge >= 0.3 is 0 Å². The SMILES string of the molecule is CNC(=O)COc1cccc(NC(=O)c2sccc2CC#N)c1. The van der Waals surface area contributed by atoms with Crippen LogP contribution in [0.3, 0.4) is 0 Å². The van der Waals surface area contributed by atoms with Crippen LogP contribution in [-0.4, -0.2) is 25.5 Å². The molecule has 118 valence electrons. The largest absolute Gasteiger partial charge is 0.484 e. The number of rotatable bonds is 6. The van der Waals surface area contributed by atoms with Crippen molar-refractivity contribution in [1.29, 1.82) is 5.26 Å². The van der Waals surface area contributed by atoms with E-state index in [-0.39, 0.29) is 24.8 Å². The van der Waals surface area contributed by atoms with E-state index in [4.69, 9.17) is 10.00 Å². The molecule has 0 saturated carbocycles. The summed E-state index contributed by atoms with van der Waals surface area (Å²) in [6, 6.07) is 10.6. The topological polar surface area (TPSA) is 91.2 Å². The lowest BCUT2D eigenvalue weighted by Gasteiger charge is -2.08. The minimum absolute atomic E-state index is 0.0921. The first kappa shape index (κ1) is 16.5. The molecule has 0 aliphatic heterocycles. The predicted molar refractivity (Wildman–Crippen MR) is 87.6 cm³/mol. The molecule has 7 heteroatoms. The first-order valence-electron chi connectivity index (χ1n) is 6.82. The highest BCUT2D eigenvalue weighted by molar-refractivity contribution is 7.12. The van der Waals surface area contributed by atoms with E-state index >= 15 is 0 Å². The standard InChI is InChI=1S/C16H15N3O3S/c1-18-14(20)10-22-13-4-2-3-12(9-13)19-16(21)15-11(5-7-17)6-8-23-15/h2-4,6,8-9H,5,10H2,1H3,(H,18,20)(H,19,21). The molecule has 2 rings (SSSR count). The number of carbonyl (C=O) groups is 2. The van der Waals surface area contributed by atoms with Crippen molar-refractivity contribution in [3.63, 3.8) is 0 Å². The molecule has 23 heavy (non-hydrogen) atoms. The van der Waals surface area contributed by atoms with E-state index < -0.39 is 0 Å². The molecular weight excluding hydrogens is 314 g/mol. The average molecular weight is 329 g/mol. The van der Waals surface area contributed by atoms with Crippen LogP contribution < -0.4 is 15.4 Å². The van der Waals surface area contributed by atoms with Gasteiger partial charge in [0.15, 0.2) is 6.61 Å². The van der Waals surface area contributed by atoms with E-state index in [2.05, 4.69) is 10.6 Å². The highest BCUT2D eigenvalue weighted by atomic mass is 32.1. The lowest BCUT2D eigenvalue weighted by Crippen LogP contribution is -2.24. The number of likely N-dealkylation sites (N-methyl/N-ethyl adjacent to an activating group) is 1. The number of nitrogens with zero attached hydrogens (tertiary/aromatic N) is 1. The third-order valence-corrected chi connectivity index (χ3v) is 3.92. The predicted octanol–water partition coefficient (Wildman–Crippen LogP) is 2.19. The summed E-state index contributed by atoms with van der Waals surface area (Å²) in [5, 5.41) is 15.8. The lowest BCUT2D eigenvalue weighted by molar-refractivity contribution is -0.122. The third kappa shape index (κ3) is 4.56. The van der Waals surface area contributed by atoms with Gasteiger partial charge in [-0.3, -0.25) is 9.59 Å². The smallest absolute Gasteiger partial charge is 0.266 e. The Balaban J connectivity index is 2.05. The molecule has 0 saturated heterocycles. The Bertz CT molecular complexity index is 749. The Hall–Kier alpha value is -2.85. The van der Waals surface area contributed by atoms with Crippen LogP contribution >= 0.6 is 11.3 Å². The number of amides is 2. The maximum absolute atomic E-state index is 12.3. The second kappa shape index (κ2) is 7.96. The van der Waals surface area contributed by atoms with Crippen molar-refractivity contribution in [3.8, 4) is 11.8 Å². The molecular formula is C16H15N3O3S. The maximum Gasteiger partial charge on any atom is 0.266 e. The van der Waals surface area contributed by atoms with Crippen LogP contribution in [0.4, 0.5) is 5.69 Å². The fraction of sp³-hybridized carbons (Fsp3) is 0.188. The van der Waals surface area contributed by atoms with Gasteiger partial charge in [0.05, 0.1) is 17.4 Å². The summed E-state index contributed by atoms with van der Waals surface area (Å²) in [6.07, 6.45) is 0.196. The van der Waals surface area contributed by atoms with Gasteiger partial charge in [0.25, 0.3) is 11.8 Å². The number of thiophene rings is 1. The molecule has 0 fully saturated rings. The van der Waals surface area contributed by atoms with Crippen molar-refractivity contribution in [2.75, 3.05) is 19.0 Å². The van der Waals surface area contributed by atoms with Crippen LogP contribution in [0.25, 0.3) is 0 Å². The molecule has 0 aliphatic carbocycles. The molecule has 2 N–H and O–H groups in total. The molecule has 1 aromatic carbocycles. The summed E-state index contributed by atoms with van der Waals surface area (Å²) in [6.45, 7) is -0.0921. The van der Waals surface area contributed by atoms with Crippen LogP contribution in [0.1, 0.15) is 15.2 Å². The van der Waals surface area contributed by atoms with Crippen molar-refractivity contribution >= 4 is 28.8 Å². The summed E-state index contributed by atoms with van der Waals surface area (Å²) in [4.78, 5) is 24.0. The first-order chi connectivity index (χ1) is 11.1. The molecule has 0 unspecified atom stereocenters.